The lowest BCUT2D eigenvalue weighted by atomic mass is 10.1. The SMILES string of the molecule is COc1cc(C=C(C#N)c2ccccn2)c([N+](=O)[O-])cc1OC. The van der Waals surface area contributed by atoms with E-state index in [-0.39, 0.29) is 22.6 Å². The number of aromatic nitrogens is 1. The van der Waals surface area contributed by atoms with E-state index in [0.29, 0.717) is 11.4 Å². The predicted molar refractivity (Wildman–Crippen MR) is 83.9 cm³/mol. The molecule has 0 N–H and O–H groups in total. The molecular weight excluding hydrogens is 298 g/mol. The Bertz CT molecular complexity index is 795. The van der Waals surface area contributed by atoms with Gasteiger partial charge in [-0.25, -0.2) is 0 Å². The summed E-state index contributed by atoms with van der Waals surface area (Å²) in [5.74, 6) is 0.579. The third kappa shape index (κ3) is 3.44. The zero-order chi connectivity index (χ0) is 16.8. The summed E-state index contributed by atoms with van der Waals surface area (Å²) in [4.78, 5) is 14.8. The van der Waals surface area contributed by atoms with E-state index in [9.17, 15) is 15.4 Å². The number of benzene rings is 1. The zero-order valence-electron chi connectivity index (χ0n) is 12.5. The van der Waals surface area contributed by atoms with Crippen LogP contribution in [-0.4, -0.2) is 24.1 Å². The lowest BCUT2D eigenvalue weighted by molar-refractivity contribution is -0.385. The minimum absolute atomic E-state index is 0.189. The van der Waals surface area contributed by atoms with E-state index in [4.69, 9.17) is 9.47 Å². The van der Waals surface area contributed by atoms with Crippen LogP contribution in [0.5, 0.6) is 11.5 Å². The number of allylic oxidation sites excluding steroid dienone is 1. The second kappa shape index (κ2) is 7.04. The molecule has 0 saturated heterocycles. The van der Waals surface area contributed by atoms with Crippen molar-refractivity contribution in [2.75, 3.05) is 14.2 Å². The van der Waals surface area contributed by atoms with Gasteiger partial charge in [0.15, 0.2) is 11.5 Å². The van der Waals surface area contributed by atoms with Gasteiger partial charge in [0, 0.05) is 6.20 Å². The summed E-state index contributed by atoms with van der Waals surface area (Å²) >= 11 is 0. The molecule has 1 heterocycles. The van der Waals surface area contributed by atoms with Gasteiger partial charge in [-0.3, -0.25) is 15.1 Å². The average molecular weight is 311 g/mol. The highest BCUT2D eigenvalue weighted by molar-refractivity contribution is 5.90. The van der Waals surface area contributed by atoms with E-state index in [1.54, 1.807) is 24.4 Å². The van der Waals surface area contributed by atoms with Crippen molar-refractivity contribution < 1.29 is 14.4 Å². The summed E-state index contributed by atoms with van der Waals surface area (Å²) in [7, 11) is 2.83. The molecule has 0 saturated carbocycles. The molecule has 7 nitrogen and oxygen atoms in total. The molecule has 2 aromatic rings. The molecule has 0 amide bonds. The van der Waals surface area contributed by atoms with E-state index in [0.717, 1.165) is 0 Å². The lowest BCUT2D eigenvalue weighted by Gasteiger charge is -2.09. The Balaban J connectivity index is 2.64. The van der Waals surface area contributed by atoms with Gasteiger partial charge in [-0.05, 0) is 24.3 Å². The molecule has 0 aliphatic carbocycles. The van der Waals surface area contributed by atoms with E-state index in [2.05, 4.69) is 4.98 Å². The van der Waals surface area contributed by atoms with Gasteiger partial charge in [0.2, 0.25) is 0 Å². The molecule has 0 fully saturated rings. The minimum Gasteiger partial charge on any atom is -0.493 e. The molecule has 0 radical (unpaired) electrons. The number of nitrogens with zero attached hydrogens (tertiary/aromatic N) is 3. The lowest BCUT2D eigenvalue weighted by Crippen LogP contribution is -1.97. The Labute approximate surface area is 132 Å². The van der Waals surface area contributed by atoms with E-state index in [1.807, 2.05) is 6.07 Å². The van der Waals surface area contributed by atoms with Crippen molar-refractivity contribution in [2.24, 2.45) is 0 Å². The van der Waals surface area contributed by atoms with Crippen molar-refractivity contribution in [2.45, 2.75) is 0 Å². The number of rotatable bonds is 5. The van der Waals surface area contributed by atoms with Gasteiger partial charge >= 0.3 is 0 Å². The molecule has 1 aromatic carbocycles. The van der Waals surface area contributed by atoms with Gasteiger partial charge in [0.1, 0.15) is 6.07 Å². The first kappa shape index (κ1) is 16.0. The van der Waals surface area contributed by atoms with Crippen LogP contribution in [0.3, 0.4) is 0 Å². The molecular formula is C16H13N3O4. The van der Waals surface area contributed by atoms with Crippen molar-refractivity contribution in [3.63, 3.8) is 0 Å². The molecule has 0 spiro atoms. The zero-order valence-corrected chi connectivity index (χ0v) is 12.5. The maximum absolute atomic E-state index is 11.3. The summed E-state index contributed by atoms with van der Waals surface area (Å²) in [6, 6.07) is 9.83. The van der Waals surface area contributed by atoms with Crippen molar-refractivity contribution in [1.82, 2.24) is 4.98 Å². The van der Waals surface area contributed by atoms with Crippen molar-refractivity contribution in [3.05, 3.63) is 57.9 Å². The van der Waals surface area contributed by atoms with Crippen molar-refractivity contribution in [1.29, 1.82) is 5.26 Å². The number of nitro benzene ring substituents is 1. The van der Waals surface area contributed by atoms with Crippen molar-refractivity contribution in [3.8, 4) is 17.6 Å². The molecule has 116 valence electrons. The number of ether oxygens (including phenoxy) is 2. The number of pyridine rings is 1. The average Bonchev–Trinajstić information content (AvgIpc) is 2.59. The van der Waals surface area contributed by atoms with Gasteiger partial charge in [0.25, 0.3) is 5.69 Å². The first-order valence-corrected chi connectivity index (χ1v) is 6.54. The summed E-state index contributed by atoms with van der Waals surface area (Å²) in [6.07, 6.45) is 2.95. The molecule has 0 bridgehead atoms. The maximum Gasteiger partial charge on any atom is 0.280 e. The monoisotopic (exact) mass is 311 g/mol. The Kier molecular flexibility index (Phi) is 4.89. The van der Waals surface area contributed by atoms with Gasteiger partial charge in [0.05, 0.1) is 42.0 Å². The maximum atomic E-state index is 11.3. The molecule has 1 aromatic heterocycles. The number of hydrogen-bond donors (Lipinski definition) is 0. The quantitative estimate of drug-likeness (QED) is 0.478. The predicted octanol–water partition coefficient (Wildman–Crippen LogP) is 3.07. The summed E-state index contributed by atoms with van der Waals surface area (Å²) in [6.45, 7) is 0. The van der Waals surface area contributed by atoms with Crippen LogP contribution in [0.1, 0.15) is 11.3 Å². The third-order valence-corrected chi connectivity index (χ3v) is 3.09. The first-order chi connectivity index (χ1) is 11.1. The molecule has 2 rings (SSSR count). The second-order valence-corrected chi connectivity index (χ2v) is 4.41. The highest BCUT2D eigenvalue weighted by Gasteiger charge is 2.19. The van der Waals surface area contributed by atoms with Crippen LogP contribution < -0.4 is 9.47 Å². The standard InChI is InChI=1S/C16H13N3O4/c1-22-15-8-11(14(19(20)21)9-16(15)23-2)7-12(10-17)13-5-3-4-6-18-13/h3-9H,1-2H3. The van der Waals surface area contributed by atoms with Gasteiger partial charge in [-0.15, -0.1) is 0 Å². The molecule has 0 atom stereocenters. The van der Waals surface area contributed by atoms with E-state index in [1.165, 1.54) is 32.4 Å². The number of hydrogen-bond acceptors (Lipinski definition) is 6. The summed E-state index contributed by atoms with van der Waals surface area (Å²) in [5, 5.41) is 20.6. The Morgan fingerprint density at radius 1 is 1.30 bits per heavy atom. The fraction of sp³-hybridized carbons (Fsp3) is 0.125. The van der Waals surface area contributed by atoms with Crippen LogP contribution in [0.15, 0.2) is 36.5 Å². The highest BCUT2D eigenvalue weighted by atomic mass is 16.6. The largest absolute Gasteiger partial charge is 0.493 e. The highest BCUT2D eigenvalue weighted by Crippen LogP contribution is 2.36. The Hall–Kier alpha value is -3.40. The van der Waals surface area contributed by atoms with Crippen LogP contribution in [0.25, 0.3) is 11.6 Å². The number of methoxy groups -OCH3 is 2. The smallest absolute Gasteiger partial charge is 0.280 e. The van der Waals surface area contributed by atoms with Crippen molar-refractivity contribution >= 4 is 17.3 Å². The molecule has 7 heteroatoms. The number of nitriles is 1. The fourth-order valence-corrected chi connectivity index (χ4v) is 2.00. The van der Waals surface area contributed by atoms with Crippen LogP contribution in [0.2, 0.25) is 0 Å². The van der Waals surface area contributed by atoms with Crippen LogP contribution >= 0.6 is 0 Å². The van der Waals surface area contributed by atoms with Gasteiger partial charge in [-0.2, -0.15) is 5.26 Å². The van der Waals surface area contributed by atoms with Gasteiger partial charge in [-0.1, -0.05) is 6.07 Å². The topological polar surface area (TPSA) is 98.3 Å². The van der Waals surface area contributed by atoms with E-state index < -0.39 is 4.92 Å². The molecule has 23 heavy (non-hydrogen) atoms. The molecule has 0 aliphatic rings. The normalized spacial score (nSPS) is 10.7. The summed E-state index contributed by atoms with van der Waals surface area (Å²) in [5.41, 5.74) is 0.682. The first-order valence-electron chi connectivity index (χ1n) is 6.54. The minimum atomic E-state index is -0.540. The number of nitro groups is 1. The van der Waals surface area contributed by atoms with Crippen LogP contribution in [-0.2, 0) is 0 Å². The van der Waals surface area contributed by atoms with Gasteiger partial charge < -0.3 is 9.47 Å². The van der Waals surface area contributed by atoms with E-state index >= 15 is 0 Å². The second-order valence-electron chi connectivity index (χ2n) is 4.41. The molecule has 0 unspecified atom stereocenters. The Morgan fingerprint density at radius 3 is 2.52 bits per heavy atom. The molecule has 0 aliphatic heterocycles. The van der Waals surface area contributed by atoms with Crippen LogP contribution in [0.4, 0.5) is 5.69 Å². The summed E-state index contributed by atoms with van der Waals surface area (Å²) < 4.78 is 10.2. The fourth-order valence-electron chi connectivity index (χ4n) is 2.00. The van der Waals surface area contributed by atoms with Crippen LogP contribution in [0, 0.1) is 21.4 Å². The third-order valence-electron chi connectivity index (χ3n) is 3.09. The Morgan fingerprint density at radius 2 is 2.00 bits per heavy atom.